The normalized spacial score (nSPS) is 10.3. The van der Waals surface area contributed by atoms with Crippen molar-refractivity contribution in [1.82, 2.24) is 9.97 Å². The predicted molar refractivity (Wildman–Crippen MR) is 98.4 cm³/mol. The number of hydrogen-bond donors (Lipinski definition) is 2. The van der Waals surface area contributed by atoms with E-state index in [2.05, 4.69) is 20.6 Å². The summed E-state index contributed by atoms with van der Waals surface area (Å²) in [6, 6.07) is 12.8. The summed E-state index contributed by atoms with van der Waals surface area (Å²) in [5.74, 6) is -0.271. The summed E-state index contributed by atoms with van der Waals surface area (Å²) in [6.07, 6.45) is 1.94. The molecule has 0 spiro atoms. The molecule has 3 rings (SSSR count). The summed E-state index contributed by atoms with van der Waals surface area (Å²) in [7, 11) is 0. The van der Waals surface area contributed by atoms with Crippen LogP contribution in [0, 0.1) is 0 Å². The van der Waals surface area contributed by atoms with Crippen LogP contribution in [0.1, 0.15) is 12.5 Å². The van der Waals surface area contributed by atoms with Gasteiger partial charge in [0.05, 0.1) is 12.1 Å². The van der Waals surface area contributed by atoms with Gasteiger partial charge in [0, 0.05) is 24.2 Å². The van der Waals surface area contributed by atoms with Gasteiger partial charge in [0.1, 0.15) is 5.69 Å². The number of thiazole rings is 1. The third-order valence-electron chi connectivity index (χ3n) is 3.32. The van der Waals surface area contributed by atoms with E-state index >= 15 is 0 Å². The number of benzene rings is 1. The fourth-order valence-electron chi connectivity index (χ4n) is 2.22. The van der Waals surface area contributed by atoms with Crippen molar-refractivity contribution in [3.8, 4) is 11.4 Å². The van der Waals surface area contributed by atoms with Crippen LogP contribution in [0.4, 0.5) is 10.8 Å². The molecule has 2 N–H and O–H groups in total. The number of nitrogens with zero attached hydrogens (tertiary/aromatic N) is 2. The van der Waals surface area contributed by atoms with Gasteiger partial charge in [-0.1, -0.05) is 18.2 Å². The lowest BCUT2D eigenvalue weighted by Crippen LogP contribution is -2.14. The minimum Gasteiger partial charge on any atom is -0.326 e. The standard InChI is InChI=1S/C18H16N4O2S/c1-12(23)20-14-7-5-13(6-8-14)10-17(24)22-18-21-16(11-25-18)15-4-2-3-9-19-15/h2-9,11H,10H2,1H3,(H,20,23)(H,21,22,24). The molecule has 0 saturated heterocycles. The van der Waals surface area contributed by atoms with E-state index in [1.807, 2.05) is 35.7 Å². The summed E-state index contributed by atoms with van der Waals surface area (Å²) in [5, 5.41) is 7.89. The summed E-state index contributed by atoms with van der Waals surface area (Å²) in [4.78, 5) is 31.8. The van der Waals surface area contributed by atoms with E-state index < -0.39 is 0 Å². The summed E-state index contributed by atoms with van der Waals surface area (Å²) in [5.41, 5.74) is 3.07. The van der Waals surface area contributed by atoms with Crippen LogP contribution in [0.3, 0.4) is 0 Å². The van der Waals surface area contributed by atoms with Crippen molar-refractivity contribution in [2.75, 3.05) is 10.6 Å². The number of carbonyl (C=O) groups excluding carboxylic acids is 2. The molecule has 0 fully saturated rings. The fourth-order valence-corrected chi connectivity index (χ4v) is 2.94. The van der Waals surface area contributed by atoms with Crippen molar-refractivity contribution in [2.24, 2.45) is 0 Å². The van der Waals surface area contributed by atoms with Crippen LogP contribution in [0.15, 0.2) is 54.0 Å². The van der Waals surface area contributed by atoms with Gasteiger partial charge in [-0.25, -0.2) is 4.98 Å². The van der Waals surface area contributed by atoms with Crippen LogP contribution >= 0.6 is 11.3 Å². The van der Waals surface area contributed by atoms with Gasteiger partial charge in [-0.3, -0.25) is 14.6 Å². The molecule has 0 unspecified atom stereocenters. The maximum absolute atomic E-state index is 12.2. The second kappa shape index (κ2) is 7.67. The molecule has 0 aliphatic heterocycles. The van der Waals surface area contributed by atoms with Crippen molar-refractivity contribution in [2.45, 2.75) is 13.3 Å². The molecule has 126 valence electrons. The second-order valence-electron chi connectivity index (χ2n) is 5.36. The Morgan fingerprint density at radius 3 is 2.52 bits per heavy atom. The lowest BCUT2D eigenvalue weighted by Gasteiger charge is -2.05. The smallest absolute Gasteiger partial charge is 0.230 e. The summed E-state index contributed by atoms with van der Waals surface area (Å²) >= 11 is 1.36. The van der Waals surface area contributed by atoms with Crippen molar-refractivity contribution < 1.29 is 9.59 Å². The Bertz CT molecular complexity index is 876. The molecule has 2 aromatic heterocycles. The molecule has 25 heavy (non-hydrogen) atoms. The van der Waals surface area contributed by atoms with Crippen molar-refractivity contribution in [3.05, 3.63) is 59.6 Å². The number of hydrogen-bond acceptors (Lipinski definition) is 5. The Kier molecular flexibility index (Phi) is 5.15. The van der Waals surface area contributed by atoms with E-state index in [0.29, 0.717) is 10.8 Å². The van der Waals surface area contributed by atoms with Gasteiger partial charge >= 0.3 is 0 Å². The Hall–Kier alpha value is -3.06. The molecule has 0 aliphatic rings. The SMILES string of the molecule is CC(=O)Nc1ccc(CC(=O)Nc2nc(-c3ccccn3)cs2)cc1. The van der Waals surface area contributed by atoms with E-state index in [-0.39, 0.29) is 18.2 Å². The van der Waals surface area contributed by atoms with Crippen LogP contribution in [-0.4, -0.2) is 21.8 Å². The molecular formula is C18H16N4O2S. The summed E-state index contributed by atoms with van der Waals surface area (Å²) in [6.45, 7) is 1.45. The Morgan fingerprint density at radius 2 is 1.84 bits per heavy atom. The summed E-state index contributed by atoms with van der Waals surface area (Å²) < 4.78 is 0. The molecule has 0 aliphatic carbocycles. The highest BCUT2D eigenvalue weighted by molar-refractivity contribution is 7.14. The molecule has 0 bridgehead atoms. The van der Waals surface area contributed by atoms with Crippen LogP contribution in [0.25, 0.3) is 11.4 Å². The van der Waals surface area contributed by atoms with Crippen molar-refractivity contribution in [1.29, 1.82) is 0 Å². The molecule has 2 heterocycles. The fraction of sp³-hybridized carbons (Fsp3) is 0.111. The molecular weight excluding hydrogens is 336 g/mol. The number of aromatic nitrogens is 2. The zero-order valence-electron chi connectivity index (χ0n) is 13.5. The highest BCUT2D eigenvalue weighted by Crippen LogP contribution is 2.23. The number of nitrogens with one attached hydrogen (secondary N) is 2. The number of anilines is 2. The second-order valence-corrected chi connectivity index (χ2v) is 6.21. The predicted octanol–water partition coefficient (Wildman–Crippen LogP) is 3.34. The minimum atomic E-state index is -0.144. The third kappa shape index (κ3) is 4.71. The lowest BCUT2D eigenvalue weighted by atomic mass is 10.1. The van der Waals surface area contributed by atoms with Crippen molar-refractivity contribution >= 4 is 34.0 Å². The number of carbonyl (C=O) groups is 2. The zero-order valence-corrected chi connectivity index (χ0v) is 14.3. The highest BCUT2D eigenvalue weighted by Gasteiger charge is 2.09. The minimum absolute atomic E-state index is 0.127. The lowest BCUT2D eigenvalue weighted by molar-refractivity contribution is -0.116. The van der Waals surface area contributed by atoms with Crippen LogP contribution in [-0.2, 0) is 16.0 Å². The first kappa shape index (κ1) is 16.8. The Morgan fingerprint density at radius 1 is 1.04 bits per heavy atom. The molecule has 2 amide bonds. The van der Waals surface area contributed by atoms with Gasteiger partial charge in [0.2, 0.25) is 11.8 Å². The molecule has 7 heteroatoms. The van der Waals surface area contributed by atoms with Crippen molar-refractivity contribution in [3.63, 3.8) is 0 Å². The molecule has 3 aromatic rings. The van der Waals surface area contributed by atoms with Gasteiger partial charge < -0.3 is 10.6 Å². The van der Waals surface area contributed by atoms with Gasteiger partial charge in [-0.15, -0.1) is 11.3 Å². The Labute approximate surface area is 149 Å². The van der Waals surface area contributed by atoms with E-state index in [4.69, 9.17) is 0 Å². The molecule has 0 radical (unpaired) electrons. The quantitative estimate of drug-likeness (QED) is 0.737. The zero-order chi connectivity index (χ0) is 17.6. The maximum Gasteiger partial charge on any atom is 0.230 e. The molecule has 6 nitrogen and oxygen atoms in total. The monoisotopic (exact) mass is 352 g/mol. The van der Waals surface area contributed by atoms with Gasteiger partial charge in [-0.05, 0) is 29.8 Å². The maximum atomic E-state index is 12.2. The molecule has 0 saturated carbocycles. The van der Waals surface area contributed by atoms with Gasteiger partial charge in [-0.2, -0.15) is 0 Å². The average Bonchev–Trinajstić information content (AvgIpc) is 3.05. The van der Waals surface area contributed by atoms with E-state index in [0.717, 1.165) is 17.0 Å². The first-order valence-electron chi connectivity index (χ1n) is 7.63. The number of rotatable bonds is 5. The number of amides is 2. The highest BCUT2D eigenvalue weighted by atomic mass is 32.1. The van der Waals surface area contributed by atoms with Gasteiger partial charge in [0.25, 0.3) is 0 Å². The molecule has 0 atom stereocenters. The van der Waals surface area contributed by atoms with E-state index in [1.54, 1.807) is 18.3 Å². The van der Waals surface area contributed by atoms with E-state index in [9.17, 15) is 9.59 Å². The topological polar surface area (TPSA) is 84.0 Å². The van der Waals surface area contributed by atoms with Crippen LogP contribution in [0.5, 0.6) is 0 Å². The first-order chi connectivity index (χ1) is 12.1. The van der Waals surface area contributed by atoms with Crippen LogP contribution < -0.4 is 10.6 Å². The van der Waals surface area contributed by atoms with Crippen LogP contribution in [0.2, 0.25) is 0 Å². The average molecular weight is 352 g/mol. The molecule has 1 aromatic carbocycles. The largest absolute Gasteiger partial charge is 0.326 e. The Balaban J connectivity index is 1.59. The third-order valence-corrected chi connectivity index (χ3v) is 4.07. The van der Waals surface area contributed by atoms with Gasteiger partial charge in [0.15, 0.2) is 5.13 Å². The number of pyridine rings is 1. The first-order valence-corrected chi connectivity index (χ1v) is 8.51. The van der Waals surface area contributed by atoms with E-state index in [1.165, 1.54) is 18.3 Å².